The van der Waals surface area contributed by atoms with Crippen LogP contribution in [0.3, 0.4) is 0 Å². The minimum atomic E-state index is 0.727. The summed E-state index contributed by atoms with van der Waals surface area (Å²) >= 11 is 1.78. The molecule has 17 heavy (non-hydrogen) atoms. The van der Waals surface area contributed by atoms with Gasteiger partial charge in [-0.25, -0.2) is 0 Å². The van der Waals surface area contributed by atoms with Gasteiger partial charge < -0.3 is 10.1 Å². The Morgan fingerprint density at radius 3 is 3.06 bits per heavy atom. The molecule has 0 aliphatic carbocycles. The van der Waals surface area contributed by atoms with E-state index < -0.39 is 0 Å². The summed E-state index contributed by atoms with van der Waals surface area (Å²) in [6.07, 6.45) is 1.88. The van der Waals surface area contributed by atoms with Crippen LogP contribution in [0, 0.1) is 6.92 Å². The van der Waals surface area contributed by atoms with Crippen molar-refractivity contribution in [1.29, 1.82) is 0 Å². The molecule has 5 heteroatoms. The van der Waals surface area contributed by atoms with E-state index in [0.29, 0.717) is 0 Å². The second-order valence-corrected chi connectivity index (χ2v) is 5.14. The smallest absolute Gasteiger partial charge is 0.0794 e. The second-order valence-electron chi connectivity index (χ2n) is 3.85. The first-order valence-electron chi connectivity index (χ1n) is 5.60. The van der Waals surface area contributed by atoms with Gasteiger partial charge in [0, 0.05) is 30.6 Å². The zero-order valence-corrected chi connectivity index (χ0v) is 10.9. The molecule has 2 heterocycles. The number of hydrogen-bond acceptors (Lipinski definition) is 4. The summed E-state index contributed by atoms with van der Waals surface area (Å²) in [6.45, 7) is 4.50. The van der Waals surface area contributed by atoms with Gasteiger partial charge in [-0.2, -0.15) is 5.10 Å². The molecule has 0 atom stereocenters. The van der Waals surface area contributed by atoms with E-state index in [1.807, 2.05) is 6.20 Å². The third-order valence-corrected chi connectivity index (χ3v) is 3.52. The Bertz CT molecular complexity index is 464. The molecule has 0 fully saturated rings. The van der Waals surface area contributed by atoms with Crippen molar-refractivity contribution in [3.05, 3.63) is 28.8 Å². The second kappa shape index (κ2) is 5.95. The molecule has 2 rings (SSSR count). The molecule has 0 aliphatic heterocycles. The Morgan fingerprint density at radius 1 is 1.47 bits per heavy atom. The Labute approximate surface area is 105 Å². The van der Waals surface area contributed by atoms with E-state index in [-0.39, 0.29) is 0 Å². The van der Waals surface area contributed by atoms with Crippen molar-refractivity contribution in [3.8, 4) is 10.6 Å². The molecular formula is C12H17N3OS. The summed E-state index contributed by atoms with van der Waals surface area (Å²) in [7, 11) is 1.71. The Kier molecular flexibility index (Phi) is 4.30. The Morgan fingerprint density at radius 2 is 2.35 bits per heavy atom. The Hall–Kier alpha value is -1.17. The van der Waals surface area contributed by atoms with Gasteiger partial charge in [0.25, 0.3) is 0 Å². The molecule has 2 N–H and O–H groups in total. The maximum absolute atomic E-state index is 5.00. The number of ether oxygens (including phenoxy) is 1. The van der Waals surface area contributed by atoms with E-state index in [4.69, 9.17) is 4.74 Å². The molecule has 92 valence electrons. The first-order chi connectivity index (χ1) is 8.31. The highest BCUT2D eigenvalue weighted by Crippen LogP contribution is 2.28. The van der Waals surface area contributed by atoms with Crippen LogP contribution in [0.25, 0.3) is 10.6 Å². The highest BCUT2D eigenvalue weighted by atomic mass is 32.1. The van der Waals surface area contributed by atoms with Gasteiger partial charge in [-0.15, -0.1) is 11.3 Å². The zero-order chi connectivity index (χ0) is 12.1. The van der Waals surface area contributed by atoms with Crippen LogP contribution in [0.15, 0.2) is 18.3 Å². The minimum absolute atomic E-state index is 0.727. The lowest BCUT2D eigenvalue weighted by atomic mass is 10.2. The quantitative estimate of drug-likeness (QED) is 0.774. The molecular weight excluding hydrogens is 234 g/mol. The van der Waals surface area contributed by atoms with E-state index in [9.17, 15) is 0 Å². The van der Waals surface area contributed by atoms with Gasteiger partial charge in [-0.05, 0) is 19.1 Å². The minimum Gasteiger partial charge on any atom is -0.383 e. The van der Waals surface area contributed by atoms with Crippen LogP contribution in [-0.4, -0.2) is 30.5 Å². The predicted octanol–water partition coefficient (Wildman–Crippen LogP) is 2.18. The number of nitrogens with zero attached hydrogens (tertiary/aromatic N) is 1. The molecule has 2 aromatic heterocycles. The van der Waals surface area contributed by atoms with Crippen LogP contribution in [0.2, 0.25) is 0 Å². The van der Waals surface area contributed by atoms with Gasteiger partial charge >= 0.3 is 0 Å². The fourth-order valence-electron chi connectivity index (χ4n) is 1.62. The predicted molar refractivity (Wildman–Crippen MR) is 70.2 cm³/mol. The molecule has 0 amide bonds. The van der Waals surface area contributed by atoms with Gasteiger partial charge in [0.15, 0.2) is 0 Å². The highest BCUT2D eigenvalue weighted by Gasteiger charge is 2.08. The van der Waals surface area contributed by atoms with Gasteiger partial charge in [-0.1, -0.05) is 0 Å². The lowest BCUT2D eigenvalue weighted by molar-refractivity contribution is 0.199. The van der Waals surface area contributed by atoms with E-state index in [1.165, 1.54) is 15.3 Å². The summed E-state index contributed by atoms with van der Waals surface area (Å²) < 4.78 is 5.00. The van der Waals surface area contributed by atoms with Gasteiger partial charge in [0.05, 0.1) is 23.4 Å². The SMILES string of the molecule is COCCNCc1cn[nH]c1-c1ccc(C)s1. The van der Waals surface area contributed by atoms with Crippen LogP contribution in [0.4, 0.5) is 0 Å². The van der Waals surface area contributed by atoms with Crippen LogP contribution in [0.5, 0.6) is 0 Å². The van der Waals surface area contributed by atoms with Crippen molar-refractivity contribution in [2.24, 2.45) is 0 Å². The van der Waals surface area contributed by atoms with Gasteiger partial charge in [0.2, 0.25) is 0 Å². The number of methoxy groups -OCH3 is 1. The molecule has 0 spiro atoms. The first-order valence-corrected chi connectivity index (χ1v) is 6.41. The number of nitrogens with one attached hydrogen (secondary N) is 2. The fraction of sp³-hybridized carbons (Fsp3) is 0.417. The average molecular weight is 251 g/mol. The van der Waals surface area contributed by atoms with Crippen molar-refractivity contribution in [1.82, 2.24) is 15.5 Å². The van der Waals surface area contributed by atoms with Crippen LogP contribution < -0.4 is 5.32 Å². The number of hydrogen-bond donors (Lipinski definition) is 2. The molecule has 0 saturated heterocycles. The fourth-order valence-corrected chi connectivity index (χ4v) is 2.52. The number of aromatic amines is 1. The number of H-pyrrole nitrogens is 1. The van der Waals surface area contributed by atoms with E-state index in [0.717, 1.165) is 25.4 Å². The van der Waals surface area contributed by atoms with E-state index in [2.05, 4.69) is 34.6 Å². The topological polar surface area (TPSA) is 49.9 Å². The lowest BCUT2D eigenvalue weighted by Crippen LogP contribution is -2.18. The summed E-state index contributed by atoms with van der Waals surface area (Å²) in [5.74, 6) is 0. The monoisotopic (exact) mass is 251 g/mol. The summed E-state index contributed by atoms with van der Waals surface area (Å²) in [5, 5.41) is 10.5. The van der Waals surface area contributed by atoms with Crippen molar-refractivity contribution < 1.29 is 4.74 Å². The van der Waals surface area contributed by atoms with E-state index in [1.54, 1.807) is 18.4 Å². The van der Waals surface area contributed by atoms with Crippen LogP contribution >= 0.6 is 11.3 Å². The highest BCUT2D eigenvalue weighted by molar-refractivity contribution is 7.15. The van der Waals surface area contributed by atoms with Gasteiger partial charge in [-0.3, -0.25) is 5.10 Å². The zero-order valence-electron chi connectivity index (χ0n) is 10.1. The molecule has 0 unspecified atom stereocenters. The van der Waals surface area contributed by atoms with Gasteiger partial charge in [0.1, 0.15) is 0 Å². The summed E-state index contributed by atoms with van der Waals surface area (Å²) in [6, 6.07) is 4.26. The normalized spacial score (nSPS) is 10.9. The Balaban J connectivity index is 2.02. The molecule has 0 aromatic carbocycles. The number of aromatic nitrogens is 2. The standard InChI is InChI=1S/C12H17N3OS/c1-9-3-4-11(17-9)12-10(8-14-15-12)7-13-5-6-16-2/h3-4,8,13H,5-7H2,1-2H3,(H,14,15). The maximum Gasteiger partial charge on any atom is 0.0794 e. The van der Waals surface area contributed by atoms with Crippen molar-refractivity contribution in [3.63, 3.8) is 0 Å². The third kappa shape index (κ3) is 3.15. The molecule has 0 aliphatic rings. The van der Waals surface area contributed by atoms with Crippen LogP contribution in [-0.2, 0) is 11.3 Å². The lowest BCUT2D eigenvalue weighted by Gasteiger charge is -2.03. The third-order valence-electron chi connectivity index (χ3n) is 2.50. The van der Waals surface area contributed by atoms with Crippen molar-refractivity contribution in [2.45, 2.75) is 13.5 Å². The molecule has 0 bridgehead atoms. The summed E-state index contributed by atoms with van der Waals surface area (Å²) in [5.41, 5.74) is 2.32. The number of aryl methyl sites for hydroxylation is 1. The molecule has 0 saturated carbocycles. The van der Waals surface area contributed by atoms with E-state index >= 15 is 0 Å². The summed E-state index contributed by atoms with van der Waals surface area (Å²) in [4.78, 5) is 2.55. The van der Waals surface area contributed by atoms with Crippen molar-refractivity contribution in [2.75, 3.05) is 20.3 Å². The molecule has 0 radical (unpaired) electrons. The first kappa shape index (κ1) is 12.3. The average Bonchev–Trinajstić information content (AvgIpc) is 2.93. The number of rotatable bonds is 6. The van der Waals surface area contributed by atoms with Crippen molar-refractivity contribution >= 4 is 11.3 Å². The van der Waals surface area contributed by atoms with Crippen LogP contribution in [0.1, 0.15) is 10.4 Å². The molecule has 4 nitrogen and oxygen atoms in total. The number of thiophene rings is 1. The molecule has 2 aromatic rings. The maximum atomic E-state index is 5.00. The largest absolute Gasteiger partial charge is 0.383 e.